The first-order valence-electron chi connectivity index (χ1n) is 9.53. The average Bonchev–Trinajstić information content (AvgIpc) is 3.16. The summed E-state index contributed by atoms with van der Waals surface area (Å²) in [6, 6.07) is 3.99. The molecule has 3 heterocycles. The Bertz CT molecular complexity index is 1090. The smallest absolute Gasteiger partial charge is 0.399 e. The molecule has 4 atom stereocenters. The molecule has 0 amide bonds. The predicted molar refractivity (Wildman–Crippen MR) is 114 cm³/mol. The molecule has 2 aliphatic rings. The topological polar surface area (TPSA) is 94.9 Å². The molecule has 2 radical (unpaired) electrons. The summed E-state index contributed by atoms with van der Waals surface area (Å²) in [5.74, 6) is 0.681. The van der Waals surface area contributed by atoms with Gasteiger partial charge in [0.2, 0.25) is 0 Å². The summed E-state index contributed by atoms with van der Waals surface area (Å²) < 4.78 is 24.7. The Balaban J connectivity index is 1.45. The second kappa shape index (κ2) is 8.18. The third-order valence-corrected chi connectivity index (χ3v) is 6.66. The fourth-order valence-electron chi connectivity index (χ4n) is 3.66. The van der Waals surface area contributed by atoms with Crippen molar-refractivity contribution >= 4 is 28.7 Å². The summed E-state index contributed by atoms with van der Waals surface area (Å²) in [6.45, 7) is 6.03. The van der Waals surface area contributed by atoms with Crippen LogP contribution in [0.4, 0.5) is 0 Å². The van der Waals surface area contributed by atoms with E-state index in [1.165, 1.54) is 4.57 Å². The van der Waals surface area contributed by atoms with E-state index in [0.29, 0.717) is 29.8 Å². The number of rotatable bonds is 4. The Morgan fingerprint density at radius 2 is 2.10 bits per heavy atom. The number of aromatic nitrogens is 2. The second-order valence-corrected chi connectivity index (χ2v) is 9.12. The van der Waals surface area contributed by atoms with Crippen molar-refractivity contribution in [3.8, 4) is 5.75 Å². The number of aromatic amines is 1. The number of nitrogens with zero attached hydrogens (tertiary/aromatic N) is 1. The van der Waals surface area contributed by atoms with E-state index in [-0.39, 0.29) is 5.69 Å². The molecule has 2 N–H and O–H groups in total. The lowest BCUT2D eigenvalue weighted by Gasteiger charge is -2.34. The van der Waals surface area contributed by atoms with E-state index in [2.05, 4.69) is 4.98 Å². The van der Waals surface area contributed by atoms with Crippen molar-refractivity contribution in [2.75, 3.05) is 0 Å². The standard InChI is InChI=1S/C19H22BN2O6PS/c1-10-6-11(2)16-13(7-10)9-25-29(27-16)28-19(20,24)14-4-5-15(26-14)22-8-12(3)17(30)21-18(22)23/h6-8,14-15,24H,4-5,9H2,1-3H3,(H,21,23,30). The van der Waals surface area contributed by atoms with Crippen molar-refractivity contribution in [3.63, 3.8) is 0 Å². The Hall–Kier alpha value is -1.55. The Labute approximate surface area is 181 Å². The molecule has 8 nitrogen and oxygen atoms in total. The van der Waals surface area contributed by atoms with Gasteiger partial charge in [0.1, 0.15) is 22.7 Å². The van der Waals surface area contributed by atoms with Crippen LogP contribution in [0.25, 0.3) is 0 Å². The molecule has 0 spiro atoms. The van der Waals surface area contributed by atoms with Crippen molar-refractivity contribution in [2.24, 2.45) is 0 Å². The SMILES string of the molecule is [B]C(O)(OP1OCc2cc(C)cc(C)c2O1)C1CCC(n2cc(C)c(=S)[nH]c2=O)O1. The molecule has 1 aromatic carbocycles. The van der Waals surface area contributed by atoms with Crippen LogP contribution in [0, 0.1) is 25.4 Å². The van der Waals surface area contributed by atoms with E-state index in [1.807, 2.05) is 26.0 Å². The Kier molecular flexibility index (Phi) is 5.91. The lowest BCUT2D eigenvalue weighted by Crippen LogP contribution is -2.45. The van der Waals surface area contributed by atoms with E-state index in [9.17, 15) is 9.90 Å². The summed E-state index contributed by atoms with van der Waals surface area (Å²) >= 11 is 5.08. The van der Waals surface area contributed by atoms with Gasteiger partial charge in [-0.2, -0.15) is 0 Å². The Morgan fingerprint density at radius 3 is 2.87 bits per heavy atom. The third-order valence-electron chi connectivity index (χ3n) is 5.12. The normalized spacial score (nSPS) is 25.4. The third kappa shape index (κ3) is 4.26. The van der Waals surface area contributed by atoms with Crippen LogP contribution < -0.4 is 10.2 Å². The molecule has 0 bridgehead atoms. The number of fused-ring (bicyclic) bond motifs is 1. The summed E-state index contributed by atoms with van der Waals surface area (Å²) in [5, 5.41) is 10.7. The first-order chi connectivity index (χ1) is 14.1. The quantitative estimate of drug-likeness (QED) is 0.321. The molecule has 158 valence electrons. The second-order valence-electron chi connectivity index (χ2n) is 7.64. The highest BCUT2D eigenvalue weighted by Gasteiger charge is 2.44. The van der Waals surface area contributed by atoms with E-state index < -0.39 is 26.6 Å². The molecule has 11 heteroatoms. The highest BCUT2D eigenvalue weighted by Crippen LogP contribution is 2.51. The molecule has 2 aliphatic heterocycles. The van der Waals surface area contributed by atoms with Crippen LogP contribution in [-0.2, 0) is 20.4 Å². The first-order valence-corrected chi connectivity index (χ1v) is 11.0. The van der Waals surface area contributed by atoms with E-state index >= 15 is 0 Å². The van der Waals surface area contributed by atoms with Gasteiger partial charge in [-0.1, -0.05) is 29.9 Å². The fraction of sp³-hybridized carbons (Fsp3) is 0.474. The first kappa shape index (κ1) is 21.7. The molecule has 2 aromatic rings. The van der Waals surface area contributed by atoms with Crippen molar-refractivity contribution in [1.82, 2.24) is 9.55 Å². The highest BCUT2D eigenvalue weighted by molar-refractivity contribution is 7.71. The molecule has 30 heavy (non-hydrogen) atoms. The summed E-state index contributed by atoms with van der Waals surface area (Å²) in [7, 11) is 4.10. The van der Waals surface area contributed by atoms with E-state index in [4.69, 9.17) is 38.4 Å². The van der Waals surface area contributed by atoms with Crippen LogP contribution in [0.2, 0.25) is 0 Å². The van der Waals surface area contributed by atoms with Gasteiger partial charge in [-0.15, -0.1) is 0 Å². The van der Waals surface area contributed by atoms with Crippen molar-refractivity contribution in [2.45, 2.75) is 58.2 Å². The lowest BCUT2D eigenvalue weighted by molar-refractivity contribution is -0.172. The van der Waals surface area contributed by atoms with Crippen molar-refractivity contribution in [3.05, 3.63) is 55.7 Å². The van der Waals surface area contributed by atoms with Crippen molar-refractivity contribution < 1.29 is 23.4 Å². The van der Waals surface area contributed by atoms with Crippen LogP contribution in [-0.4, -0.2) is 34.3 Å². The van der Waals surface area contributed by atoms with Gasteiger partial charge in [-0.25, -0.2) is 4.79 Å². The van der Waals surface area contributed by atoms with Gasteiger partial charge in [0.25, 0.3) is 0 Å². The molecule has 0 saturated carbocycles. The molecule has 4 unspecified atom stereocenters. The minimum Gasteiger partial charge on any atom is -0.426 e. The van der Waals surface area contributed by atoms with Gasteiger partial charge in [0.15, 0.2) is 13.5 Å². The molecule has 1 saturated heterocycles. The fourth-order valence-corrected chi connectivity index (χ4v) is 4.95. The molecule has 1 fully saturated rings. The number of benzene rings is 1. The zero-order chi connectivity index (χ0) is 21.6. The number of hydrogen-bond donors (Lipinski definition) is 2. The molecule has 4 rings (SSSR count). The molecule has 1 aromatic heterocycles. The van der Waals surface area contributed by atoms with Gasteiger partial charge in [-0.3, -0.25) is 18.6 Å². The monoisotopic (exact) mass is 448 g/mol. The predicted octanol–water partition coefficient (Wildman–Crippen LogP) is 3.18. The largest absolute Gasteiger partial charge is 0.426 e. The van der Waals surface area contributed by atoms with Crippen LogP contribution in [0.5, 0.6) is 5.75 Å². The van der Waals surface area contributed by atoms with Gasteiger partial charge in [0, 0.05) is 17.3 Å². The summed E-state index contributed by atoms with van der Waals surface area (Å²) in [6.07, 6.45) is 1.02. The van der Waals surface area contributed by atoms with Crippen LogP contribution in [0.1, 0.15) is 41.3 Å². The maximum atomic E-state index is 12.2. The van der Waals surface area contributed by atoms with E-state index in [1.54, 1.807) is 13.1 Å². The zero-order valence-corrected chi connectivity index (χ0v) is 18.6. The zero-order valence-electron chi connectivity index (χ0n) is 16.9. The number of ether oxygens (including phenoxy) is 1. The molecular weight excluding hydrogens is 426 g/mol. The summed E-state index contributed by atoms with van der Waals surface area (Å²) in [4.78, 5) is 14.8. The van der Waals surface area contributed by atoms with Crippen LogP contribution in [0.3, 0.4) is 0 Å². The van der Waals surface area contributed by atoms with Gasteiger partial charge >= 0.3 is 14.3 Å². The number of aryl methyl sites for hydroxylation is 3. The minimum atomic E-state index is -2.14. The highest BCUT2D eigenvalue weighted by atomic mass is 32.1. The number of aliphatic hydroxyl groups is 1. The van der Waals surface area contributed by atoms with Crippen molar-refractivity contribution in [1.29, 1.82) is 0 Å². The van der Waals surface area contributed by atoms with Gasteiger partial charge < -0.3 is 14.4 Å². The van der Waals surface area contributed by atoms with Gasteiger partial charge in [0.05, 0.1) is 6.61 Å². The molecule has 0 aliphatic carbocycles. The number of nitrogens with one attached hydrogen (secondary N) is 1. The van der Waals surface area contributed by atoms with Gasteiger partial charge in [-0.05, 0) is 39.2 Å². The maximum absolute atomic E-state index is 12.2. The lowest BCUT2D eigenvalue weighted by atomic mass is 9.88. The van der Waals surface area contributed by atoms with Crippen LogP contribution in [0.15, 0.2) is 23.1 Å². The van der Waals surface area contributed by atoms with Crippen LogP contribution >= 0.6 is 20.8 Å². The number of H-pyrrole nitrogens is 1. The number of hydrogen-bond acceptors (Lipinski definition) is 7. The maximum Gasteiger partial charge on any atom is 0.399 e. The Morgan fingerprint density at radius 1 is 1.33 bits per heavy atom. The molecular formula is C19H22BN2O6PS. The summed E-state index contributed by atoms with van der Waals surface area (Å²) in [5.41, 5.74) is 1.20. The average molecular weight is 448 g/mol. The minimum absolute atomic E-state index is 0.297. The van der Waals surface area contributed by atoms with E-state index in [0.717, 1.165) is 22.3 Å².